The molecule has 1 heterocycles. The molecule has 1 aliphatic heterocycles. The van der Waals surface area contributed by atoms with Crippen LogP contribution in [0, 0.1) is 12.8 Å². The van der Waals surface area contributed by atoms with E-state index in [2.05, 4.69) is 10.6 Å². The third kappa shape index (κ3) is 5.55. The molecule has 0 radical (unpaired) electrons. The highest BCUT2D eigenvalue weighted by Gasteiger charge is 2.32. The average Bonchev–Trinajstić information content (AvgIpc) is 2.79. The number of piperidine rings is 1. The summed E-state index contributed by atoms with van der Waals surface area (Å²) in [4.78, 5) is 25.7. The minimum atomic E-state index is -3.57. The van der Waals surface area contributed by atoms with Crippen LogP contribution in [0.15, 0.2) is 53.4 Å². The molecule has 0 unspecified atom stereocenters. The predicted octanol–water partition coefficient (Wildman–Crippen LogP) is 3.56. The first-order valence-electron chi connectivity index (χ1n) is 11.0. The summed E-state index contributed by atoms with van der Waals surface area (Å²) in [5.74, 6) is -0.736. The van der Waals surface area contributed by atoms with Gasteiger partial charge in [0.25, 0.3) is 5.91 Å². The van der Waals surface area contributed by atoms with Gasteiger partial charge < -0.3 is 10.6 Å². The molecule has 172 valence electrons. The van der Waals surface area contributed by atoms with Crippen molar-refractivity contribution in [1.82, 2.24) is 9.62 Å². The number of nitrogens with one attached hydrogen (secondary N) is 2. The average molecular weight is 458 g/mol. The van der Waals surface area contributed by atoms with E-state index in [-0.39, 0.29) is 41.8 Å². The Morgan fingerprint density at radius 2 is 1.69 bits per heavy atom. The number of para-hydroxylation sites is 1. The minimum absolute atomic E-state index is 0.0334. The Morgan fingerprint density at radius 1 is 1.06 bits per heavy atom. The van der Waals surface area contributed by atoms with Gasteiger partial charge in [-0.2, -0.15) is 4.31 Å². The number of sulfonamides is 1. The number of carbonyl (C=O) groups excluding carboxylic acids is 2. The quantitative estimate of drug-likeness (QED) is 0.665. The minimum Gasteiger partial charge on any atom is -0.350 e. The third-order valence-corrected chi connectivity index (χ3v) is 7.82. The molecule has 0 saturated carbocycles. The van der Waals surface area contributed by atoms with Crippen molar-refractivity contribution in [1.29, 1.82) is 0 Å². The molecule has 7 nitrogen and oxygen atoms in total. The van der Waals surface area contributed by atoms with Gasteiger partial charge in [-0.3, -0.25) is 9.59 Å². The lowest BCUT2D eigenvalue weighted by Crippen LogP contribution is -2.41. The molecule has 8 heteroatoms. The Kier molecular flexibility index (Phi) is 7.69. The van der Waals surface area contributed by atoms with Crippen molar-refractivity contribution in [3.63, 3.8) is 0 Å². The molecular formula is C24H31N3O4S. The zero-order valence-corrected chi connectivity index (χ0v) is 19.6. The van der Waals surface area contributed by atoms with Gasteiger partial charge in [0.15, 0.2) is 0 Å². The van der Waals surface area contributed by atoms with Gasteiger partial charge >= 0.3 is 0 Å². The number of anilines is 1. The standard InChI is InChI=1S/C24H31N3O4S/c1-4-18(3)25-24(29)21-7-5-6-8-22(21)26-23(28)19-13-15-27(16-14-19)32(30,31)20-11-9-17(2)10-12-20/h5-12,18-19H,4,13-16H2,1-3H3,(H,25,29)(H,26,28)/t18-/m1/s1. The Labute approximate surface area is 190 Å². The number of aryl methyl sites for hydroxylation is 1. The highest BCUT2D eigenvalue weighted by atomic mass is 32.2. The fourth-order valence-corrected chi connectivity index (χ4v) is 5.12. The first kappa shape index (κ1) is 23.9. The molecule has 32 heavy (non-hydrogen) atoms. The summed E-state index contributed by atoms with van der Waals surface area (Å²) in [7, 11) is -3.57. The van der Waals surface area contributed by atoms with Crippen LogP contribution in [0.3, 0.4) is 0 Å². The van der Waals surface area contributed by atoms with Crippen LogP contribution in [-0.2, 0) is 14.8 Å². The zero-order valence-electron chi connectivity index (χ0n) is 18.8. The lowest BCUT2D eigenvalue weighted by Gasteiger charge is -2.30. The molecule has 2 amide bonds. The van der Waals surface area contributed by atoms with E-state index in [4.69, 9.17) is 0 Å². The maximum atomic E-state index is 12.9. The Balaban J connectivity index is 1.63. The maximum Gasteiger partial charge on any atom is 0.253 e. The van der Waals surface area contributed by atoms with Crippen molar-refractivity contribution in [2.45, 2.75) is 51.0 Å². The fraction of sp³-hybridized carbons (Fsp3) is 0.417. The van der Waals surface area contributed by atoms with Gasteiger partial charge in [0.1, 0.15) is 0 Å². The van der Waals surface area contributed by atoms with Crippen LogP contribution >= 0.6 is 0 Å². The number of nitrogens with zero attached hydrogens (tertiary/aromatic N) is 1. The fourth-order valence-electron chi connectivity index (χ4n) is 3.65. The smallest absolute Gasteiger partial charge is 0.253 e. The molecule has 1 aliphatic rings. The lowest BCUT2D eigenvalue weighted by atomic mass is 9.97. The van der Waals surface area contributed by atoms with E-state index in [1.54, 1.807) is 48.5 Å². The van der Waals surface area contributed by atoms with Crippen LogP contribution in [0.4, 0.5) is 5.69 Å². The van der Waals surface area contributed by atoms with Crippen molar-refractivity contribution in [3.05, 3.63) is 59.7 Å². The van der Waals surface area contributed by atoms with E-state index >= 15 is 0 Å². The summed E-state index contributed by atoms with van der Waals surface area (Å²) in [6.07, 6.45) is 1.67. The third-order valence-electron chi connectivity index (χ3n) is 5.90. The number of hydrogen-bond acceptors (Lipinski definition) is 4. The Hall–Kier alpha value is -2.71. The number of carbonyl (C=O) groups is 2. The predicted molar refractivity (Wildman–Crippen MR) is 125 cm³/mol. The van der Waals surface area contributed by atoms with Gasteiger partial charge in [-0.15, -0.1) is 0 Å². The van der Waals surface area contributed by atoms with Gasteiger partial charge in [-0.1, -0.05) is 36.8 Å². The molecule has 1 saturated heterocycles. The van der Waals surface area contributed by atoms with E-state index in [0.29, 0.717) is 24.1 Å². The van der Waals surface area contributed by atoms with Crippen molar-refractivity contribution >= 4 is 27.5 Å². The summed E-state index contributed by atoms with van der Waals surface area (Å²) in [6, 6.07) is 13.7. The second kappa shape index (κ2) is 10.3. The summed E-state index contributed by atoms with van der Waals surface area (Å²) in [5.41, 5.74) is 1.88. The SMILES string of the molecule is CC[C@@H](C)NC(=O)c1ccccc1NC(=O)C1CCN(S(=O)(=O)c2ccc(C)cc2)CC1. The highest BCUT2D eigenvalue weighted by molar-refractivity contribution is 7.89. The Morgan fingerprint density at radius 3 is 2.31 bits per heavy atom. The van der Waals surface area contributed by atoms with Gasteiger partial charge in [-0.25, -0.2) is 8.42 Å². The van der Waals surface area contributed by atoms with Gasteiger partial charge in [0, 0.05) is 25.0 Å². The van der Waals surface area contributed by atoms with E-state index in [0.717, 1.165) is 12.0 Å². The van der Waals surface area contributed by atoms with E-state index in [9.17, 15) is 18.0 Å². The van der Waals surface area contributed by atoms with Crippen LogP contribution < -0.4 is 10.6 Å². The zero-order chi connectivity index (χ0) is 23.3. The van der Waals surface area contributed by atoms with Crippen LogP contribution in [-0.4, -0.2) is 43.7 Å². The van der Waals surface area contributed by atoms with Gasteiger partial charge in [0.2, 0.25) is 15.9 Å². The number of rotatable bonds is 7. The molecule has 1 fully saturated rings. The van der Waals surface area contributed by atoms with Crippen molar-refractivity contribution in [3.8, 4) is 0 Å². The number of amides is 2. The summed E-state index contributed by atoms with van der Waals surface area (Å²) >= 11 is 0. The van der Waals surface area contributed by atoms with Gasteiger partial charge in [0.05, 0.1) is 16.1 Å². The van der Waals surface area contributed by atoms with Crippen LogP contribution in [0.2, 0.25) is 0 Å². The van der Waals surface area contributed by atoms with Crippen molar-refractivity contribution in [2.24, 2.45) is 5.92 Å². The van der Waals surface area contributed by atoms with Crippen molar-refractivity contribution in [2.75, 3.05) is 18.4 Å². The monoisotopic (exact) mass is 457 g/mol. The topological polar surface area (TPSA) is 95.6 Å². The van der Waals surface area contributed by atoms with Crippen LogP contribution in [0.5, 0.6) is 0 Å². The van der Waals surface area contributed by atoms with Crippen LogP contribution in [0.1, 0.15) is 49.0 Å². The molecular weight excluding hydrogens is 426 g/mol. The first-order chi connectivity index (χ1) is 15.2. The van der Waals surface area contributed by atoms with Crippen molar-refractivity contribution < 1.29 is 18.0 Å². The Bertz CT molecular complexity index is 1060. The second-order valence-electron chi connectivity index (χ2n) is 8.31. The highest BCUT2D eigenvalue weighted by Crippen LogP contribution is 2.26. The van der Waals surface area contributed by atoms with Gasteiger partial charge in [-0.05, 0) is 57.4 Å². The molecule has 1 atom stereocenters. The summed E-state index contributed by atoms with van der Waals surface area (Å²) in [6.45, 7) is 6.39. The second-order valence-corrected chi connectivity index (χ2v) is 10.2. The first-order valence-corrected chi connectivity index (χ1v) is 12.4. The molecule has 0 spiro atoms. The van der Waals surface area contributed by atoms with Crippen LogP contribution in [0.25, 0.3) is 0 Å². The molecule has 2 aromatic carbocycles. The summed E-state index contributed by atoms with van der Waals surface area (Å²) < 4.78 is 27.2. The molecule has 0 bridgehead atoms. The van der Waals surface area contributed by atoms with E-state index in [1.807, 2.05) is 20.8 Å². The molecule has 3 rings (SSSR count). The number of hydrogen-bond donors (Lipinski definition) is 2. The normalized spacial score (nSPS) is 16.3. The molecule has 0 aliphatic carbocycles. The maximum absolute atomic E-state index is 12.9. The largest absolute Gasteiger partial charge is 0.350 e. The molecule has 2 aromatic rings. The molecule has 2 N–H and O–H groups in total. The number of benzene rings is 2. The molecule has 0 aromatic heterocycles. The summed E-state index contributed by atoms with van der Waals surface area (Å²) in [5, 5.41) is 5.79. The van der Waals surface area contributed by atoms with E-state index in [1.165, 1.54) is 4.31 Å². The van der Waals surface area contributed by atoms with E-state index < -0.39 is 10.0 Å². The lowest BCUT2D eigenvalue weighted by molar-refractivity contribution is -0.120.